The maximum atomic E-state index is 6.07. The van der Waals surface area contributed by atoms with Crippen LogP contribution in [0, 0.1) is 0 Å². The molecular formula is C27H28N4O2. The summed E-state index contributed by atoms with van der Waals surface area (Å²) in [7, 11) is 0. The highest BCUT2D eigenvalue weighted by atomic mass is 16.5. The number of para-hydroxylation sites is 1. The zero-order valence-electron chi connectivity index (χ0n) is 18.5. The van der Waals surface area contributed by atoms with Crippen molar-refractivity contribution in [2.24, 2.45) is 0 Å². The molecule has 0 aliphatic carbocycles. The molecule has 2 N–H and O–H groups in total. The van der Waals surface area contributed by atoms with Crippen molar-refractivity contribution < 1.29 is 9.47 Å². The van der Waals surface area contributed by atoms with Gasteiger partial charge in [-0.1, -0.05) is 36.4 Å². The van der Waals surface area contributed by atoms with Gasteiger partial charge in [0.1, 0.15) is 12.4 Å². The van der Waals surface area contributed by atoms with Gasteiger partial charge in [0.2, 0.25) is 0 Å². The lowest BCUT2D eigenvalue weighted by Gasteiger charge is -2.26. The molecule has 4 aromatic rings. The first-order valence-corrected chi connectivity index (χ1v) is 11.3. The number of ether oxygens (including phenoxy) is 2. The van der Waals surface area contributed by atoms with E-state index in [4.69, 9.17) is 9.47 Å². The summed E-state index contributed by atoms with van der Waals surface area (Å²) in [5, 5.41) is 8.70. The van der Waals surface area contributed by atoms with Crippen molar-refractivity contribution in [2.75, 3.05) is 39.5 Å². The molecule has 1 aliphatic rings. The molecule has 33 heavy (non-hydrogen) atoms. The summed E-state index contributed by atoms with van der Waals surface area (Å²) in [5.41, 5.74) is 5.14. The predicted molar refractivity (Wildman–Crippen MR) is 134 cm³/mol. The third kappa shape index (κ3) is 5.61. The number of benzene rings is 2. The smallest absolute Gasteiger partial charge is 0.126 e. The fourth-order valence-electron chi connectivity index (χ4n) is 3.91. The molecule has 6 heteroatoms. The Morgan fingerprint density at radius 2 is 1.88 bits per heavy atom. The summed E-state index contributed by atoms with van der Waals surface area (Å²) in [6.45, 7) is 5.14. The van der Waals surface area contributed by atoms with E-state index < -0.39 is 0 Å². The number of hydrogen-bond donors (Lipinski definition) is 2. The molecule has 168 valence electrons. The standard InChI is InChI=1S/C27H28N4O2/c1-2-4-27(33-18-15-31-13-16-32-17-14-31)23(3-1)8-10-25-20-24(29-30-25)9-6-21-5-7-22-11-12-28-26(22)19-21/h1-12,19-20,28H,13-18H2,(H,29,30)/b9-6+,10-8?. The first kappa shape index (κ1) is 21.2. The van der Waals surface area contributed by atoms with Gasteiger partial charge in [0.15, 0.2) is 0 Å². The topological polar surface area (TPSA) is 66.2 Å². The molecule has 0 unspecified atom stereocenters. The summed E-state index contributed by atoms with van der Waals surface area (Å²) < 4.78 is 11.5. The highest BCUT2D eigenvalue weighted by molar-refractivity contribution is 5.83. The molecule has 0 radical (unpaired) electrons. The van der Waals surface area contributed by atoms with E-state index in [0.29, 0.717) is 6.61 Å². The van der Waals surface area contributed by atoms with Crippen molar-refractivity contribution in [3.05, 3.63) is 83.3 Å². The third-order valence-electron chi connectivity index (χ3n) is 5.77. The first-order valence-electron chi connectivity index (χ1n) is 11.3. The summed E-state index contributed by atoms with van der Waals surface area (Å²) in [6, 6.07) is 18.6. The second-order valence-corrected chi connectivity index (χ2v) is 8.08. The van der Waals surface area contributed by atoms with Gasteiger partial charge < -0.3 is 14.5 Å². The minimum atomic E-state index is 0.665. The zero-order valence-corrected chi connectivity index (χ0v) is 18.5. The molecule has 6 nitrogen and oxygen atoms in total. The van der Waals surface area contributed by atoms with Crippen LogP contribution in [0.4, 0.5) is 0 Å². The quantitative estimate of drug-likeness (QED) is 0.407. The first-order chi connectivity index (χ1) is 16.3. The summed E-state index contributed by atoms with van der Waals surface area (Å²) in [5.74, 6) is 0.890. The van der Waals surface area contributed by atoms with Gasteiger partial charge in [-0.15, -0.1) is 0 Å². The van der Waals surface area contributed by atoms with Gasteiger partial charge in [-0.05, 0) is 53.4 Å². The monoisotopic (exact) mass is 440 g/mol. The molecule has 1 saturated heterocycles. The lowest BCUT2D eigenvalue weighted by atomic mass is 10.1. The number of hydrogen-bond acceptors (Lipinski definition) is 4. The van der Waals surface area contributed by atoms with E-state index in [9.17, 15) is 0 Å². The van der Waals surface area contributed by atoms with E-state index in [1.807, 2.05) is 42.6 Å². The fraction of sp³-hybridized carbons (Fsp3) is 0.222. The molecule has 1 fully saturated rings. The maximum absolute atomic E-state index is 6.07. The Hall–Kier alpha value is -3.61. The molecule has 0 atom stereocenters. The van der Waals surface area contributed by atoms with Crippen LogP contribution >= 0.6 is 0 Å². The van der Waals surface area contributed by atoms with Crippen molar-refractivity contribution in [1.29, 1.82) is 0 Å². The van der Waals surface area contributed by atoms with Crippen molar-refractivity contribution >= 4 is 35.2 Å². The highest BCUT2D eigenvalue weighted by Crippen LogP contribution is 2.21. The number of nitrogens with zero attached hydrogens (tertiary/aromatic N) is 2. The maximum Gasteiger partial charge on any atom is 0.126 e. The number of H-pyrrole nitrogens is 2. The van der Waals surface area contributed by atoms with E-state index in [2.05, 4.69) is 62.6 Å². The molecule has 1 aliphatic heterocycles. The average Bonchev–Trinajstić information content (AvgIpc) is 3.52. The summed E-state index contributed by atoms with van der Waals surface area (Å²) in [6.07, 6.45) is 10.1. The molecule has 2 aromatic heterocycles. The summed E-state index contributed by atoms with van der Waals surface area (Å²) >= 11 is 0. The third-order valence-corrected chi connectivity index (χ3v) is 5.77. The Morgan fingerprint density at radius 1 is 0.970 bits per heavy atom. The van der Waals surface area contributed by atoms with Crippen molar-refractivity contribution in [2.45, 2.75) is 0 Å². The Bertz CT molecular complexity index is 1250. The van der Waals surface area contributed by atoms with E-state index in [1.165, 1.54) is 5.39 Å². The van der Waals surface area contributed by atoms with Crippen LogP contribution in [0.15, 0.2) is 60.8 Å². The fourth-order valence-corrected chi connectivity index (χ4v) is 3.91. The van der Waals surface area contributed by atoms with Crippen LogP contribution in [0.5, 0.6) is 5.75 Å². The predicted octanol–water partition coefficient (Wildman–Crippen LogP) is 4.94. The largest absolute Gasteiger partial charge is 0.492 e. The van der Waals surface area contributed by atoms with Crippen LogP contribution < -0.4 is 4.74 Å². The van der Waals surface area contributed by atoms with Crippen LogP contribution in [0.2, 0.25) is 0 Å². The van der Waals surface area contributed by atoms with Crippen LogP contribution in [0.25, 0.3) is 35.2 Å². The molecule has 0 saturated carbocycles. The number of morpholine rings is 1. The molecule has 0 amide bonds. The summed E-state index contributed by atoms with van der Waals surface area (Å²) in [4.78, 5) is 5.62. The van der Waals surface area contributed by atoms with Gasteiger partial charge in [-0.3, -0.25) is 10.00 Å². The molecular weight excluding hydrogens is 412 g/mol. The number of aromatic amines is 2. The SMILES string of the molecule is C(=Cc1ccccc1OCCN1CCOCC1)c1cc(/C=C/c2ccc3cc[nH]c3c2)n[nH]1. The Labute approximate surface area is 193 Å². The van der Waals surface area contributed by atoms with Crippen LogP contribution in [0.3, 0.4) is 0 Å². The average molecular weight is 441 g/mol. The van der Waals surface area contributed by atoms with E-state index in [1.54, 1.807) is 0 Å². The minimum absolute atomic E-state index is 0.665. The Kier molecular flexibility index (Phi) is 6.66. The van der Waals surface area contributed by atoms with E-state index >= 15 is 0 Å². The van der Waals surface area contributed by atoms with Gasteiger partial charge >= 0.3 is 0 Å². The molecule has 3 heterocycles. The van der Waals surface area contributed by atoms with Gasteiger partial charge in [0, 0.05) is 36.9 Å². The number of fused-ring (bicyclic) bond motifs is 1. The number of nitrogens with one attached hydrogen (secondary N) is 2. The van der Waals surface area contributed by atoms with E-state index in [-0.39, 0.29) is 0 Å². The van der Waals surface area contributed by atoms with Gasteiger partial charge in [-0.25, -0.2) is 0 Å². The Balaban J connectivity index is 1.20. The lowest BCUT2D eigenvalue weighted by molar-refractivity contribution is 0.0322. The van der Waals surface area contributed by atoms with Crippen LogP contribution in [-0.2, 0) is 4.74 Å². The number of aromatic nitrogens is 3. The molecule has 0 bridgehead atoms. The van der Waals surface area contributed by atoms with Gasteiger partial charge in [0.05, 0.1) is 24.6 Å². The normalized spacial score (nSPS) is 15.2. The second kappa shape index (κ2) is 10.3. The molecule has 2 aromatic carbocycles. The van der Waals surface area contributed by atoms with Gasteiger partial charge in [-0.2, -0.15) is 5.10 Å². The highest BCUT2D eigenvalue weighted by Gasteiger charge is 2.10. The minimum Gasteiger partial charge on any atom is -0.492 e. The Morgan fingerprint density at radius 3 is 2.82 bits per heavy atom. The molecule has 5 rings (SSSR count). The van der Waals surface area contributed by atoms with Crippen molar-refractivity contribution in [3.63, 3.8) is 0 Å². The van der Waals surface area contributed by atoms with Gasteiger partial charge in [0.25, 0.3) is 0 Å². The van der Waals surface area contributed by atoms with E-state index in [0.717, 1.165) is 66.6 Å². The van der Waals surface area contributed by atoms with Crippen LogP contribution in [-0.4, -0.2) is 59.5 Å². The lowest BCUT2D eigenvalue weighted by Crippen LogP contribution is -2.38. The van der Waals surface area contributed by atoms with Crippen molar-refractivity contribution in [3.8, 4) is 5.75 Å². The number of rotatable bonds is 8. The second-order valence-electron chi connectivity index (χ2n) is 8.08. The van der Waals surface area contributed by atoms with Crippen LogP contribution in [0.1, 0.15) is 22.5 Å². The van der Waals surface area contributed by atoms with Crippen molar-refractivity contribution in [1.82, 2.24) is 20.1 Å². The molecule has 0 spiro atoms. The zero-order chi connectivity index (χ0) is 22.3.